The zero-order chi connectivity index (χ0) is 14.8. The van der Waals surface area contributed by atoms with E-state index in [0.717, 1.165) is 37.0 Å². The van der Waals surface area contributed by atoms with Gasteiger partial charge in [-0.2, -0.15) is 0 Å². The Morgan fingerprint density at radius 1 is 1.19 bits per heavy atom. The zero-order valence-electron chi connectivity index (χ0n) is 13.5. The highest BCUT2D eigenvalue weighted by molar-refractivity contribution is 5.59. The Bertz CT molecular complexity index is 496. The summed E-state index contributed by atoms with van der Waals surface area (Å²) in [5, 5.41) is 3.21. The molecule has 0 amide bonds. The molecule has 3 rings (SSSR count). The molecule has 1 atom stereocenters. The van der Waals surface area contributed by atoms with E-state index in [0.29, 0.717) is 6.04 Å². The monoisotopic (exact) mass is 289 g/mol. The van der Waals surface area contributed by atoms with E-state index in [9.17, 15) is 0 Å². The smallest absolute Gasteiger partial charge is 0.137 e. The van der Waals surface area contributed by atoms with E-state index in [-0.39, 0.29) is 0 Å². The average Bonchev–Trinajstić information content (AvgIpc) is 3.18. The van der Waals surface area contributed by atoms with Crippen molar-refractivity contribution in [1.82, 2.24) is 14.9 Å². The van der Waals surface area contributed by atoms with Crippen LogP contribution in [0.4, 0.5) is 11.6 Å². The second-order valence-corrected chi connectivity index (χ2v) is 6.17. The minimum atomic E-state index is 0.713. The Hall–Kier alpha value is -1.36. The molecule has 0 aromatic carbocycles. The summed E-state index contributed by atoms with van der Waals surface area (Å²) >= 11 is 0. The summed E-state index contributed by atoms with van der Waals surface area (Å²) in [7, 11) is 1.94. The SMILES string of the molecule is CCc1nc(NC)c(C)c(N2CCC(N3CCCC3)C2)n1. The van der Waals surface area contributed by atoms with Gasteiger partial charge in [-0.1, -0.05) is 6.92 Å². The lowest BCUT2D eigenvalue weighted by atomic mass is 10.2. The van der Waals surface area contributed by atoms with Crippen LogP contribution in [0.1, 0.15) is 37.6 Å². The highest BCUT2D eigenvalue weighted by Crippen LogP contribution is 2.29. The lowest BCUT2D eigenvalue weighted by Crippen LogP contribution is -2.35. The third-order valence-corrected chi connectivity index (χ3v) is 4.84. The molecule has 0 spiro atoms. The molecule has 21 heavy (non-hydrogen) atoms. The number of rotatable bonds is 4. The number of nitrogens with one attached hydrogen (secondary N) is 1. The van der Waals surface area contributed by atoms with Crippen LogP contribution in [0, 0.1) is 6.92 Å². The van der Waals surface area contributed by atoms with Crippen molar-refractivity contribution in [3.8, 4) is 0 Å². The van der Waals surface area contributed by atoms with E-state index < -0.39 is 0 Å². The van der Waals surface area contributed by atoms with Crippen molar-refractivity contribution >= 4 is 11.6 Å². The molecule has 5 nitrogen and oxygen atoms in total. The maximum Gasteiger partial charge on any atom is 0.137 e. The number of anilines is 2. The highest BCUT2D eigenvalue weighted by atomic mass is 15.3. The summed E-state index contributed by atoms with van der Waals surface area (Å²) in [5.74, 6) is 3.04. The Kier molecular flexibility index (Phi) is 4.29. The number of likely N-dealkylation sites (tertiary alicyclic amines) is 1. The number of aryl methyl sites for hydroxylation is 1. The quantitative estimate of drug-likeness (QED) is 0.919. The second kappa shape index (κ2) is 6.18. The molecule has 2 aliphatic heterocycles. The van der Waals surface area contributed by atoms with Gasteiger partial charge in [0.2, 0.25) is 0 Å². The molecule has 2 fully saturated rings. The third kappa shape index (κ3) is 2.84. The lowest BCUT2D eigenvalue weighted by molar-refractivity contribution is 0.260. The summed E-state index contributed by atoms with van der Waals surface area (Å²) in [6.07, 6.45) is 4.88. The summed E-state index contributed by atoms with van der Waals surface area (Å²) in [6, 6.07) is 0.713. The van der Waals surface area contributed by atoms with E-state index in [1.807, 2.05) is 7.05 Å². The van der Waals surface area contributed by atoms with E-state index in [1.165, 1.54) is 37.9 Å². The normalized spacial score (nSPS) is 23.0. The van der Waals surface area contributed by atoms with Crippen molar-refractivity contribution in [2.45, 2.75) is 45.6 Å². The van der Waals surface area contributed by atoms with E-state index in [2.05, 4.69) is 33.9 Å². The highest BCUT2D eigenvalue weighted by Gasteiger charge is 2.31. The van der Waals surface area contributed by atoms with Crippen molar-refractivity contribution in [1.29, 1.82) is 0 Å². The van der Waals surface area contributed by atoms with E-state index in [1.54, 1.807) is 0 Å². The molecule has 116 valence electrons. The Morgan fingerprint density at radius 3 is 2.62 bits per heavy atom. The van der Waals surface area contributed by atoms with Gasteiger partial charge in [0, 0.05) is 38.2 Å². The van der Waals surface area contributed by atoms with Crippen LogP contribution >= 0.6 is 0 Å². The van der Waals surface area contributed by atoms with Crippen LogP contribution in [0.2, 0.25) is 0 Å². The van der Waals surface area contributed by atoms with Crippen molar-refractivity contribution < 1.29 is 0 Å². The number of aromatic nitrogens is 2. The molecule has 2 aliphatic rings. The molecule has 5 heteroatoms. The van der Waals surface area contributed by atoms with Gasteiger partial charge in [-0.05, 0) is 39.3 Å². The largest absolute Gasteiger partial charge is 0.373 e. The molecule has 2 saturated heterocycles. The van der Waals surface area contributed by atoms with Gasteiger partial charge in [0.05, 0.1) is 0 Å². The first-order valence-corrected chi connectivity index (χ1v) is 8.27. The van der Waals surface area contributed by atoms with E-state index >= 15 is 0 Å². The van der Waals surface area contributed by atoms with Crippen molar-refractivity contribution in [3.05, 3.63) is 11.4 Å². The standard InChI is InChI=1S/C16H27N5/c1-4-14-18-15(17-3)12(2)16(19-14)21-10-7-13(11-21)20-8-5-6-9-20/h13H,4-11H2,1-3H3,(H,17,18,19). The van der Waals surface area contributed by atoms with Crippen LogP contribution < -0.4 is 10.2 Å². The van der Waals surface area contributed by atoms with Crippen LogP contribution in [0.25, 0.3) is 0 Å². The van der Waals surface area contributed by atoms with Crippen molar-refractivity contribution in [3.63, 3.8) is 0 Å². The van der Waals surface area contributed by atoms with Crippen LogP contribution in [-0.4, -0.2) is 54.1 Å². The number of hydrogen-bond donors (Lipinski definition) is 1. The van der Waals surface area contributed by atoms with Crippen molar-refractivity contribution in [2.24, 2.45) is 0 Å². The van der Waals surface area contributed by atoms with Crippen LogP contribution in [0.15, 0.2) is 0 Å². The average molecular weight is 289 g/mol. The predicted octanol–water partition coefficient (Wildman–Crippen LogP) is 2.06. The second-order valence-electron chi connectivity index (χ2n) is 6.17. The summed E-state index contributed by atoms with van der Waals surface area (Å²) < 4.78 is 0. The third-order valence-electron chi connectivity index (χ3n) is 4.84. The van der Waals surface area contributed by atoms with Crippen molar-refractivity contribution in [2.75, 3.05) is 43.4 Å². The van der Waals surface area contributed by atoms with Gasteiger partial charge in [-0.3, -0.25) is 4.90 Å². The van der Waals surface area contributed by atoms with Gasteiger partial charge >= 0.3 is 0 Å². The molecular weight excluding hydrogens is 262 g/mol. The predicted molar refractivity (Wildman–Crippen MR) is 87.1 cm³/mol. The minimum Gasteiger partial charge on any atom is -0.373 e. The Labute approximate surface area is 127 Å². The number of hydrogen-bond acceptors (Lipinski definition) is 5. The molecule has 1 unspecified atom stereocenters. The first-order chi connectivity index (χ1) is 10.2. The molecule has 0 aliphatic carbocycles. The molecule has 1 aromatic rings. The fourth-order valence-electron chi connectivity index (χ4n) is 3.60. The molecule has 1 aromatic heterocycles. The molecule has 3 heterocycles. The minimum absolute atomic E-state index is 0.713. The maximum atomic E-state index is 4.80. The summed E-state index contributed by atoms with van der Waals surface area (Å²) in [5.41, 5.74) is 1.18. The fraction of sp³-hybridized carbons (Fsp3) is 0.750. The molecule has 0 radical (unpaired) electrons. The van der Waals surface area contributed by atoms with Gasteiger partial charge in [0.1, 0.15) is 17.5 Å². The molecule has 1 N–H and O–H groups in total. The van der Waals surface area contributed by atoms with E-state index in [4.69, 9.17) is 4.98 Å². The zero-order valence-corrected chi connectivity index (χ0v) is 13.5. The Morgan fingerprint density at radius 2 is 1.95 bits per heavy atom. The number of nitrogens with zero attached hydrogens (tertiary/aromatic N) is 4. The first kappa shape index (κ1) is 14.6. The van der Waals surface area contributed by atoms with Gasteiger partial charge in [-0.15, -0.1) is 0 Å². The topological polar surface area (TPSA) is 44.3 Å². The van der Waals surface area contributed by atoms with Crippen LogP contribution in [-0.2, 0) is 6.42 Å². The lowest BCUT2D eigenvalue weighted by Gasteiger charge is -2.25. The van der Waals surface area contributed by atoms with Crippen LogP contribution in [0.3, 0.4) is 0 Å². The summed E-state index contributed by atoms with van der Waals surface area (Å²) in [4.78, 5) is 14.5. The van der Waals surface area contributed by atoms with Crippen LogP contribution in [0.5, 0.6) is 0 Å². The molecule has 0 saturated carbocycles. The fourth-order valence-corrected chi connectivity index (χ4v) is 3.60. The maximum absolute atomic E-state index is 4.80. The molecular formula is C16H27N5. The van der Waals surface area contributed by atoms with Gasteiger partial charge in [-0.25, -0.2) is 9.97 Å². The summed E-state index contributed by atoms with van der Waals surface area (Å²) in [6.45, 7) is 9.04. The first-order valence-electron chi connectivity index (χ1n) is 8.27. The molecule has 0 bridgehead atoms. The Balaban J connectivity index is 1.80. The van der Waals surface area contributed by atoms with Gasteiger partial charge in [0.15, 0.2) is 0 Å². The van der Waals surface area contributed by atoms with Gasteiger partial charge < -0.3 is 10.2 Å². The van der Waals surface area contributed by atoms with Gasteiger partial charge in [0.25, 0.3) is 0 Å².